The molecule has 0 spiro atoms. The Kier molecular flexibility index (Phi) is 11.9. The van der Waals surface area contributed by atoms with E-state index in [4.69, 9.17) is 33.9 Å². The molecule has 0 bridgehead atoms. The molecule has 3 aromatic carbocycles. The van der Waals surface area contributed by atoms with E-state index in [0.717, 1.165) is 6.07 Å². The lowest BCUT2D eigenvalue weighted by Crippen LogP contribution is -2.30. The lowest BCUT2D eigenvalue weighted by Gasteiger charge is -2.24. The second-order valence-corrected chi connectivity index (χ2v) is 12.5. The number of rotatable bonds is 15. The van der Waals surface area contributed by atoms with E-state index in [9.17, 15) is 14.0 Å². The highest BCUT2D eigenvalue weighted by Crippen LogP contribution is 2.27. The zero-order chi connectivity index (χ0) is 37.4. The molecule has 270 valence electrons. The lowest BCUT2D eigenvalue weighted by molar-refractivity contribution is -0.153. The van der Waals surface area contributed by atoms with Crippen molar-refractivity contribution >= 4 is 23.0 Å². The summed E-state index contributed by atoms with van der Waals surface area (Å²) in [6, 6.07) is 20.6. The van der Waals surface area contributed by atoms with Crippen LogP contribution < -0.4 is 4.74 Å². The van der Waals surface area contributed by atoms with Crippen LogP contribution in [-0.2, 0) is 43.3 Å². The Hall–Kier alpha value is -5.71. The number of aromatic nitrogens is 3. The van der Waals surface area contributed by atoms with Crippen LogP contribution in [0.4, 0.5) is 8.78 Å². The summed E-state index contributed by atoms with van der Waals surface area (Å²) in [7, 11) is 4.21. The molecule has 11 nitrogen and oxygen atoms in total. The van der Waals surface area contributed by atoms with Crippen LogP contribution in [0.15, 0.2) is 72.8 Å². The Labute approximate surface area is 299 Å². The van der Waals surface area contributed by atoms with E-state index < -0.39 is 35.3 Å². The van der Waals surface area contributed by atoms with Crippen molar-refractivity contribution in [1.82, 2.24) is 14.5 Å². The maximum Gasteiger partial charge on any atom is 0.338 e. The van der Waals surface area contributed by atoms with E-state index in [1.54, 1.807) is 74.1 Å². The molecule has 0 amide bonds. The topological polar surface area (TPSA) is 135 Å². The van der Waals surface area contributed by atoms with Crippen LogP contribution in [0.2, 0.25) is 0 Å². The zero-order valence-electron chi connectivity index (χ0n) is 29.4. The van der Waals surface area contributed by atoms with Crippen LogP contribution >= 0.6 is 0 Å². The van der Waals surface area contributed by atoms with Gasteiger partial charge in [-0.25, -0.2) is 28.3 Å². The van der Waals surface area contributed by atoms with Crippen molar-refractivity contribution in [2.75, 3.05) is 27.9 Å². The van der Waals surface area contributed by atoms with Crippen LogP contribution in [0.1, 0.15) is 53.1 Å². The van der Waals surface area contributed by atoms with Gasteiger partial charge in [0, 0.05) is 50.9 Å². The molecule has 0 aliphatic heterocycles. The van der Waals surface area contributed by atoms with Crippen LogP contribution in [0, 0.1) is 23.0 Å². The fourth-order valence-electron chi connectivity index (χ4n) is 5.45. The van der Waals surface area contributed by atoms with Gasteiger partial charge in [-0.15, -0.1) is 0 Å². The van der Waals surface area contributed by atoms with Gasteiger partial charge in [-0.05, 0) is 61.9 Å². The van der Waals surface area contributed by atoms with Crippen LogP contribution in [-0.4, -0.2) is 66.1 Å². The highest BCUT2D eigenvalue weighted by atomic mass is 19.1. The number of benzene rings is 3. The summed E-state index contributed by atoms with van der Waals surface area (Å²) in [6.07, 6.45) is -0.477. The van der Waals surface area contributed by atoms with E-state index in [2.05, 4.69) is 4.98 Å². The van der Waals surface area contributed by atoms with Crippen molar-refractivity contribution in [3.63, 3.8) is 0 Å². The summed E-state index contributed by atoms with van der Waals surface area (Å²) in [5.74, 6) is -1.61. The Balaban J connectivity index is 1.41. The zero-order valence-corrected chi connectivity index (χ0v) is 29.4. The SMILES string of the molecule is COCCC(C)(C)OC(=O)c1ccc2nc(Cc3ccc(-c4cccc(OCc5ccc(C#N)cc5F)n4)cc3F)n(CC(OC)C(=O)OC)c2c1. The largest absolute Gasteiger partial charge is 0.473 e. The molecule has 0 aliphatic rings. The van der Waals surface area contributed by atoms with Crippen LogP contribution in [0.3, 0.4) is 0 Å². The predicted octanol–water partition coefficient (Wildman–Crippen LogP) is 6.58. The number of carbonyl (C=O) groups excluding carboxylic acids is 2. The molecule has 1 unspecified atom stereocenters. The van der Waals surface area contributed by atoms with Gasteiger partial charge in [-0.2, -0.15) is 5.26 Å². The van der Waals surface area contributed by atoms with Crippen molar-refractivity contribution in [2.45, 2.75) is 51.5 Å². The molecule has 5 rings (SSSR count). The Morgan fingerprint density at radius 1 is 0.942 bits per heavy atom. The monoisotopic (exact) mass is 712 g/mol. The van der Waals surface area contributed by atoms with E-state index in [1.165, 1.54) is 32.4 Å². The van der Waals surface area contributed by atoms with Crippen molar-refractivity contribution in [1.29, 1.82) is 5.26 Å². The molecular weight excluding hydrogens is 674 g/mol. The van der Waals surface area contributed by atoms with Gasteiger partial charge >= 0.3 is 11.9 Å². The van der Waals surface area contributed by atoms with E-state index in [-0.39, 0.29) is 42.1 Å². The number of nitriles is 1. The highest BCUT2D eigenvalue weighted by molar-refractivity contribution is 5.94. The molecule has 2 aromatic heterocycles. The smallest absolute Gasteiger partial charge is 0.338 e. The van der Waals surface area contributed by atoms with Gasteiger partial charge in [0.15, 0.2) is 6.10 Å². The maximum absolute atomic E-state index is 15.8. The molecule has 0 saturated heterocycles. The summed E-state index contributed by atoms with van der Waals surface area (Å²) in [5.41, 5.74) is 2.22. The number of pyridine rings is 1. The minimum atomic E-state index is -1.01. The van der Waals surface area contributed by atoms with Gasteiger partial charge in [0.05, 0.1) is 47.6 Å². The Morgan fingerprint density at radius 3 is 2.40 bits per heavy atom. The fraction of sp³-hybridized carbons (Fsp3) is 0.308. The third-order valence-corrected chi connectivity index (χ3v) is 8.42. The van der Waals surface area contributed by atoms with Gasteiger partial charge < -0.3 is 28.3 Å². The highest BCUT2D eigenvalue weighted by Gasteiger charge is 2.26. The minimum Gasteiger partial charge on any atom is -0.473 e. The molecule has 0 aliphatic carbocycles. The summed E-state index contributed by atoms with van der Waals surface area (Å²) >= 11 is 0. The third-order valence-electron chi connectivity index (χ3n) is 8.42. The first-order valence-electron chi connectivity index (χ1n) is 16.3. The minimum absolute atomic E-state index is 0.0182. The second kappa shape index (κ2) is 16.5. The number of hydrogen-bond donors (Lipinski definition) is 0. The molecule has 5 aromatic rings. The quantitative estimate of drug-likeness (QED) is 0.110. The van der Waals surface area contributed by atoms with Gasteiger partial charge in [-0.1, -0.05) is 24.3 Å². The number of imidazole rings is 1. The number of esters is 2. The number of nitrogens with zero attached hydrogens (tertiary/aromatic N) is 4. The predicted molar refractivity (Wildman–Crippen MR) is 186 cm³/mol. The Morgan fingerprint density at radius 2 is 1.71 bits per heavy atom. The molecule has 1 atom stereocenters. The van der Waals surface area contributed by atoms with Gasteiger partial charge in [0.1, 0.15) is 29.7 Å². The van der Waals surface area contributed by atoms with Gasteiger partial charge in [0.2, 0.25) is 5.88 Å². The number of ether oxygens (including phenoxy) is 5. The summed E-state index contributed by atoms with van der Waals surface area (Å²) in [5, 5.41) is 8.97. The average Bonchev–Trinajstić information content (AvgIpc) is 3.48. The maximum atomic E-state index is 15.8. The molecule has 0 saturated carbocycles. The molecule has 0 N–H and O–H groups in total. The van der Waals surface area contributed by atoms with Gasteiger partial charge in [0.25, 0.3) is 0 Å². The first kappa shape index (κ1) is 37.5. The number of methoxy groups -OCH3 is 3. The normalized spacial score (nSPS) is 12.0. The van der Waals surface area contributed by atoms with Crippen LogP contribution in [0.5, 0.6) is 5.88 Å². The molecule has 52 heavy (non-hydrogen) atoms. The lowest BCUT2D eigenvalue weighted by atomic mass is 10.1. The molecule has 13 heteroatoms. The number of fused-ring (bicyclic) bond motifs is 1. The molecular formula is C39H38F2N4O7. The van der Waals surface area contributed by atoms with E-state index in [0.29, 0.717) is 46.7 Å². The van der Waals surface area contributed by atoms with E-state index >= 15 is 4.39 Å². The number of carbonyl (C=O) groups is 2. The Bertz CT molecular complexity index is 2130. The average molecular weight is 713 g/mol. The second-order valence-electron chi connectivity index (χ2n) is 12.5. The van der Waals surface area contributed by atoms with Crippen molar-refractivity contribution in [3.05, 3.63) is 113 Å². The number of halogens is 2. The van der Waals surface area contributed by atoms with Crippen molar-refractivity contribution in [2.24, 2.45) is 0 Å². The van der Waals surface area contributed by atoms with E-state index in [1.807, 2.05) is 6.07 Å². The fourth-order valence-corrected chi connectivity index (χ4v) is 5.45. The summed E-state index contributed by atoms with van der Waals surface area (Å²) in [4.78, 5) is 34.9. The first-order chi connectivity index (χ1) is 24.9. The van der Waals surface area contributed by atoms with Crippen molar-refractivity contribution < 1.29 is 42.1 Å². The van der Waals surface area contributed by atoms with Crippen LogP contribution in [0.25, 0.3) is 22.3 Å². The first-order valence-corrected chi connectivity index (χ1v) is 16.3. The van der Waals surface area contributed by atoms with Crippen molar-refractivity contribution in [3.8, 4) is 23.2 Å². The third kappa shape index (κ3) is 8.95. The molecule has 0 fully saturated rings. The van der Waals surface area contributed by atoms with Gasteiger partial charge in [-0.3, -0.25) is 0 Å². The summed E-state index contributed by atoms with van der Waals surface area (Å²) < 4.78 is 58.7. The molecule has 0 radical (unpaired) electrons. The molecule has 2 heterocycles. The number of hydrogen-bond acceptors (Lipinski definition) is 10. The summed E-state index contributed by atoms with van der Waals surface area (Å²) in [6.45, 7) is 3.88. The standard InChI is InChI=1S/C39H38F2N4O7/c1-39(2,15-16-48-3)52-37(46)27-13-14-32-33(19-27)45(22-34(49-4)38(47)50-5)35(43-32)20-25-11-12-26(18-30(25)41)31-7-6-8-36(44-31)51-23-28-10-9-24(21-42)17-29(28)40/h6-14,17-19,34H,15-16,20,22-23H2,1-5H3.